The fourth-order valence-corrected chi connectivity index (χ4v) is 5.49. The van der Waals surface area contributed by atoms with E-state index in [1.54, 1.807) is 37.3 Å². The summed E-state index contributed by atoms with van der Waals surface area (Å²) in [6, 6.07) is 14.2. The molecular formula is C31H41N3O5. The molecule has 39 heavy (non-hydrogen) atoms. The summed E-state index contributed by atoms with van der Waals surface area (Å²) in [7, 11) is 3.37. The highest BCUT2D eigenvalue weighted by molar-refractivity contribution is 6.00. The number of fused-ring (bicyclic) bond motifs is 1. The average Bonchev–Trinajstić information content (AvgIpc) is 2.97. The molecule has 0 unspecified atom stereocenters. The molecule has 1 saturated carbocycles. The third kappa shape index (κ3) is 6.98. The number of amides is 3. The monoisotopic (exact) mass is 535 g/mol. The summed E-state index contributed by atoms with van der Waals surface area (Å²) in [5.41, 5.74) is 1.56. The first-order chi connectivity index (χ1) is 18.8. The van der Waals surface area contributed by atoms with Gasteiger partial charge in [-0.1, -0.05) is 44.4 Å². The van der Waals surface area contributed by atoms with Crippen molar-refractivity contribution >= 4 is 23.4 Å². The normalized spacial score (nSPS) is 23.2. The number of nitrogens with zero attached hydrogens (tertiary/aromatic N) is 2. The standard InChI is InChI=1S/C31H41N3O5/c1-21-18-34(30(36)24-13-9-6-10-14-24)22(2)20-39-27-16-15-25(32-29(35)23-11-7-5-8-12-23)17-26(27)31(37)33(3)19-28(21)38-4/h6,9-10,13-17,21-23,28H,5,7-8,11-12,18-20H2,1-4H3,(H,32,35)/t21-,22+,28+/m0/s1. The second-order valence-corrected chi connectivity index (χ2v) is 11.0. The van der Waals surface area contributed by atoms with Crippen LogP contribution < -0.4 is 10.1 Å². The lowest BCUT2D eigenvalue weighted by molar-refractivity contribution is -0.120. The van der Waals surface area contributed by atoms with Crippen LogP contribution in [-0.4, -0.2) is 73.5 Å². The predicted octanol–water partition coefficient (Wildman–Crippen LogP) is 4.85. The van der Waals surface area contributed by atoms with Crippen molar-refractivity contribution in [1.82, 2.24) is 9.80 Å². The van der Waals surface area contributed by atoms with Gasteiger partial charge in [0.1, 0.15) is 12.4 Å². The predicted molar refractivity (Wildman–Crippen MR) is 151 cm³/mol. The van der Waals surface area contributed by atoms with Crippen LogP contribution in [-0.2, 0) is 9.53 Å². The molecule has 0 aromatic heterocycles. The molecule has 2 aliphatic rings. The Balaban J connectivity index is 1.62. The number of benzene rings is 2. The van der Waals surface area contributed by atoms with E-state index >= 15 is 0 Å². The van der Waals surface area contributed by atoms with E-state index in [9.17, 15) is 14.4 Å². The molecule has 8 nitrogen and oxygen atoms in total. The number of ether oxygens (including phenoxy) is 2. The summed E-state index contributed by atoms with van der Waals surface area (Å²) in [6.45, 7) is 4.99. The Morgan fingerprint density at radius 2 is 1.72 bits per heavy atom. The molecule has 1 fully saturated rings. The Morgan fingerprint density at radius 1 is 1.00 bits per heavy atom. The number of nitrogens with one attached hydrogen (secondary N) is 1. The highest BCUT2D eigenvalue weighted by Crippen LogP contribution is 2.29. The lowest BCUT2D eigenvalue weighted by Gasteiger charge is -2.36. The smallest absolute Gasteiger partial charge is 0.257 e. The van der Waals surface area contributed by atoms with Crippen LogP contribution in [0.15, 0.2) is 48.5 Å². The van der Waals surface area contributed by atoms with E-state index in [-0.39, 0.29) is 48.3 Å². The van der Waals surface area contributed by atoms with Gasteiger partial charge in [0.25, 0.3) is 11.8 Å². The molecule has 0 spiro atoms. The maximum atomic E-state index is 13.6. The largest absolute Gasteiger partial charge is 0.491 e. The molecule has 1 aliphatic heterocycles. The summed E-state index contributed by atoms with van der Waals surface area (Å²) in [5, 5.41) is 3.02. The van der Waals surface area contributed by atoms with Crippen molar-refractivity contribution in [2.45, 2.75) is 58.1 Å². The average molecular weight is 536 g/mol. The van der Waals surface area contributed by atoms with Crippen LogP contribution in [0.25, 0.3) is 0 Å². The first kappa shape index (κ1) is 28.6. The third-order valence-corrected chi connectivity index (χ3v) is 7.97. The van der Waals surface area contributed by atoms with Crippen molar-refractivity contribution < 1.29 is 23.9 Å². The molecule has 2 aromatic rings. The molecule has 2 aromatic carbocycles. The minimum Gasteiger partial charge on any atom is -0.491 e. The van der Waals surface area contributed by atoms with Crippen molar-refractivity contribution in [3.05, 3.63) is 59.7 Å². The van der Waals surface area contributed by atoms with E-state index in [1.807, 2.05) is 49.1 Å². The summed E-state index contributed by atoms with van der Waals surface area (Å²) < 4.78 is 12.0. The number of likely N-dealkylation sites (N-methyl/N-ethyl adjacent to an activating group) is 1. The zero-order valence-electron chi connectivity index (χ0n) is 23.5. The molecule has 1 N–H and O–H groups in total. The van der Waals surface area contributed by atoms with Crippen molar-refractivity contribution in [2.24, 2.45) is 11.8 Å². The van der Waals surface area contributed by atoms with Gasteiger partial charge in [0.2, 0.25) is 5.91 Å². The number of carbonyl (C=O) groups is 3. The maximum absolute atomic E-state index is 13.6. The molecule has 3 amide bonds. The van der Waals surface area contributed by atoms with Gasteiger partial charge in [-0.2, -0.15) is 0 Å². The Hall–Kier alpha value is -3.39. The van der Waals surface area contributed by atoms with Gasteiger partial charge in [0.15, 0.2) is 0 Å². The molecular weight excluding hydrogens is 494 g/mol. The molecule has 4 rings (SSSR count). The van der Waals surface area contributed by atoms with Gasteiger partial charge in [-0.15, -0.1) is 0 Å². The Labute approximate surface area is 231 Å². The van der Waals surface area contributed by atoms with Crippen molar-refractivity contribution in [1.29, 1.82) is 0 Å². The zero-order chi connectivity index (χ0) is 27.9. The van der Waals surface area contributed by atoms with Gasteiger partial charge >= 0.3 is 0 Å². The first-order valence-electron chi connectivity index (χ1n) is 14.0. The minimum absolute atomic E-state index is 0.00138. The fraction of sp³-hybridized carbons (Fsp3) is 0.516. The zero-order valence-corrected chi connectivity index (χ0v) is 23.5. The minimum atomic E-state index is -0.282. The molecule has 8 heteroatoms. The quantitative estimate of drug-likeness (QED) is 0.605. The molecule has 1 heterocycles. The molecule has 0 radical (unpaired) electrons. The van der Waals surface area contributed by atoms with Crippen molar-refractivity contribution in [2.75, 3.05) is 39.2 Å². The van der Waals surface area contributed by atoms with Gasteiger partial charge in [-0.05, 0) is 50.1 Å². The number of hydrogen-bond donors (Lipinski definition) is 1. The summed E-state index contributed by atoms with van der Waals surface area (Å²) >= 11 is 0. The van der Waals surface area contributed by atoms with Crippen LogP contribution in [0.4, 0.5) is 5.69 Å². The Bertz CT molecular complexity index is 1150. The Morgan fingerprint density at radius 3 is 2.41 bits per heavy atom. The van der Waals surface area contributed by atoms with Gasteiger partial charge in [-0.3, -0.25) is 14.4 Å². The second-order valence-electron chi connectivity index (χ2n) is 11.0. The van der Waals surface area contributed by atoms with Crippen molar-refractivity contribution in [3.63, 3.8) is 0 Å². The summed E-state index contributed by atoms with van der Waals surface area (Å²) in [6.07, 6.45) is 4.83. The van der Waals surface area contributed by atoms with Gasteiger partial charge < -0.3 is 24.6 Å². The SMILES string of the molecule is CO[C@@H]1CN(C)C(=O)c2cc(NC(=O)C3CCCCC3)ccc2OC[C@@H](C)N(C(=O)c2ccccc2)C[C@@H]1C. The van der Waals surface area contributed by atoms with Gasteiger partial charge in [0.05, 0.1) is 17.7 Å². The fourth-order valence-electron chi connectivity index (χ4n) is 5.49. The Kier molecular flexibility index (Phi) is 9.62. The first-order valence-corrected chi connectivity index (χ1v) is 14.0. The number of carbonyl (C=O) groups excluding carboxylic acids is 3. The van der Waals surface area contributed by atoms with E-state index in [2.05, 4.69) is 5.32 Å². The molecule has 3 atom stereocenters. The van der Waals surface area contributed by atoms with Gasteiger partial charge in [0, 0.05) is 50.3 Å². The van der Waals surface area contributed by atoms with Gasteiger partial charge in [-0.25, -0.2) is 0 Å². The van der Waals surface area contributed by atoms with E-state index in [4.69, 9.17) is 9.47 Å². The number of hydrogen-bond acceptors (Lipinski definition) is 5. The molecule has 1 aliphatic carbocycles. The van der Waals surface area contributed by atoms with Crippen LogP contribution in [0, 0.1) is 11.8 Å². The maximum Gasteiger partial charge on any atom is 0.257 e. The van der Waals surface area contributed by atoms with Crippen molar-refractivity contribution in [3.8, 4) is 5.75 Å². The van der Waals surface area contributed by atoms with Crippen LogP contribution in [0.5, 0.6) is 5.75 Å². The van der Waals surface area contributed by atoms with E-state index < -0.39 is 0 Å². The van der Waals surface area contributed by atoms with Crippen LogP contribution in [0.1, 0.15) is 66.7 Å². The van der Waals surface area contributed by atoms with E-state index in [1.165, 1.54) is 6.42 Å². The van der Waals surface area contributed by atoms with E-state index in [0.29, 0.717) is 35.7 Å². The third-order valence-electron chi connectivity index (χ3n) is 7.97. The second kappa shape index (κ2) is 13.1. The lowest BCUT2D eigenvalue weighted by Crippen LogP contribution is -2.48. The summed E-state index contributed by atoms with van der Waals surface area (Å²) in [5.74, 6) is 0.104. The lowest BCUT2D eigenvalue weighted by atomic mass is 9.88. The van der Waals surface area contributed by atoms with E-state index in [0.717, 1.165) is 25.7 Å². The molecule has 0 bridgehead atoms. The summed E-state index contributed by atoms with van der Waals surface area (Å²) in [4.78, 5) is 43.5. The topological polar surface area (TPSA) is 88.2 Å². The van der Waals surface area contributed by atoms with Crippen LogP contribution in [0.2, 0.25) is 0 Å². The number of methoxy groups -OCH3 is 1. The van der Waals surface area contributed by atoms with Crippen LogP contribution >= 0.6 is 0 Å². The van der Waals surface area contributed by atoms with Crippen LogP contribution in [0.3, 0.4) is 0 Å². The molecule has 210 valence electrons. The highest BCUT2D eigenvalue weighted by atomic mass is 16.5. The molecule has 0 saturated heterocycles. The number of rotatable bonds is 4. The number of anilines is 1. The highest BCUT2D eigenvalue weighted by Gasteiger charge is 2.31.